The van der Waals surface area contributed by atoms with Crippen LogP contribution in [0.5, 0.6) is 17.2 Å². The monoisotopic (exact) mass is 577 g/mol. The fraction of sp³-hybridized carbons (Fsp3) is 0.467. The Hall–Kier alpha value is -3.14. The Kier molecular flexibility index (Phi) is 8.77. The van der Waals surface area contributed by atoms with Crippen LogP contribution in [-0.2, 0) is 17.4 Å². The Morgan fingerprint density at radius 1 is 1.10 bits per heavy atom. The van der Waals surface area contributed by atoms with Crippen molar-refractivity contribution >= 4 is 29.0 Å². The van der Waals surface area contributed by atoms with Gasteiger partial charge in [0, 0.05) is 5.56 Å². The van der Waals surface area contributed by atoms with Gasteiger partial charge < -0.3 is 14.2 Å². The van der Waals surface area contributed by atoms with Crippen molar-refractivity contribution in [3.05, 3.63) is 56.5 Å². The van der Waals surface area contributed by atoms with Gasteiger partial charge in [0.15, 0.2) is 0 Å². The number of thioether (sulfide) groups is 1. The highest BCUT2D eigenvalue weighted by atomic mass is 32.2. The van der Waals surface area contributed by atoms with Crippen LogP contribution >= 0.6 is 11.8 Å². The van der Waals surface area contributed by atoms with Crippen molar-refractivity contribution in [3.63, 3.8) is 0 Å². The SMILES string of the molecule is CCCCCOc1c(C)c(C)c2c(c1C)CCC(C)(COc1ccc(/C=C3/SC(=O)NC3=O)cc1C(F)(F)F)O2. The van der Waals surface area contributed by atoms with Crippen molar-refractivity contribution in [1.29, 1.82) is 0 Å². The second kappa shape index (κ2) is 11.8. The van der Waals surface area contributed by atoms with Gasteiger partial charge >= 0.3 is 6.18 Å². The lowest BCUT2D eigenvalue weighted by Gasteiger charge is -2.38. The fourth-order valence-corrected chi connectivity index (χ4v) is 5.60. The molecule has 1 N–H and O–H groups in total. The van der Waals surface area contributed by atoms with Gasteiger partial charge in [0.1, 0.15) is 29.5 Å². The first-order valence-corrected chi connectivity index (χ1v) is 14.2. The lowest BCUT2D eigenvalue weighted by Crippen LogP contribution is -2.42. The van der Waals surface area contributed by atoms with Gasteiger partial charge in [-0.15, -0.1) is 0 Å². The quantitative estimate of drug-likeness (QED) is 0.243. The minimum absolute atomic E-state index is 0.0315. The number of fused-ring (bicyclic) bond motifs is 1. The molecule has 2 heterocycles. The Labute approximate surface area is 236 Å². The maximum absolute atomic E-state index is 14.0. The molecule has 0 aliphatic carbocycles. The van der Waals surface area contributed by atoms with Crippen molar-refractivity contribution in [2.24, 2.45) is 0 Å². The topological polar surface area (TPSA) is 73.9 Å². The summed E-state index contributed by atoms with van der Waals surface area (Å²) >= 11 is 0.643. The molecule has 0 radical (unpaired) electrons. The minimum atomic E-state index is -4.69. The first kappa shape index (κ1) is 29.8. The molecule has 10 heteroatoms. The van der Waals surface area contributed by atoms with Gasteiger partial charge in [-0.2, -0.15) is 13.2 Å². The van der Waals surface area contributed by atoms with Gasteiger partial charge in [0.2, 0.25) is 0 Å². The predicted octanol–water partition coefficient (Wildman–Crippen LogP) is 7.69. The standard InChI is InChI=1S/C30H34F3NO5S/c1-6-7-8-13-37-25-17(2)18(3)26-21(19(25)4)11-12-29(5,39-26)16-38-23-10-9-20(14-22(23)30(31,32)33)15-24-27(35)34-28(36)40-24/h9-10,14-15H,6-8,11-13,16H2,1-5H3,(H,34,35,36)/b24-15+. The molecule has 0 spiro atoms. The van der Waals surface area contributed by atoms with Crippen molar-refractivity contribution in [3.8, 4) is 17.2 Å². The third-order valence-corrected chi connectivity index (χ3v) is 8.15. The summed E-state index contributed by atoms with van der Waals surface area (Å²) in [4.78, 5) is 23.2. The van der Waals surface area contributed by atoms with Gasteiger partial charge in [0.25, 0.3) is 11.1 Å². The second-order valence-electron chi connectivity index (χ2n) is 10.5. The molecule has 2 aromatic carbocycles. The van der Waals surface area contributed by atoms with Crippen LogP contribution < -0.4 is 19.5 Å². The number of hydrogen-bond donors (Lipinski definition) is 1. The lowest BCUT2D eigenvalue weighted by molar-refractivity contribution is -0.139. The van der Waals surface area contributed by atoms with Crippen LogP contribution in [0.2, 0.25) is 0 Å². The maximum Gasteiger partial charge on any atom is 0.419 e. The van der Waals surface area contributed by atoms with Crippen molar-refractivity contribution in [2.75, 3.05) is 13.2 Å². The molecule has 2 aliphatic rings. The van der Waals surface area contributed by atoms with E-state index in [1.165, 1.54) is 18.2 Å². The van der Waals surface area contributed by atoms with Crippen LogP contribution in [0.25, 0.3) is 6.08 Å². The van der Waals surface area contributed by atoms with E-state index < -0.39 is 28.5 Å². The Balaban J connectivity index is 1.53. The zero-order valence-electron chi connectivity index (χ0n) is 23.3. The third-order valence-electron chi connectivity index (χ3n) is 7.34. The number of amides is 2. The van der Waals surface area contributed by atoms with E-state index in [9.17, 15) is 22.8 Å². The number of carbonyl (C=O) groups excluding carboxylic acids is 2. The summed E-state index contributed by atoms with van der Waals surface area (Å²) in [7, 11) is 0. The maximum atomic E-state index is 14.0. The first-order chi connectivity index (χ1) is 18.8. The zero-order valence-corrected chi connectivity index (χ0v) is 24.2. The van der Waals surface area contributed by atoms with Crippen LogP contribution in [0.15, 0.2) is 23.1 Å². The van der Waals surface area contributed by atoms with Crippen molar-refractivity contribution < 1.29 is 37.0 Å². The normalized spacial score (nSPS) is 19.9. The van der Waals surface area contributed by atoms with Crippen molar-refractivity contribution in [2.45, 2.75) is 78.5 Å². The second-order valence-corrected chi connectivity index (χ2v) is 11.5. The summed E-state index contributed by atoms with van der Waals surface area (Å²) in [6.07, 6.45) is 1.02. The number of hydrogen-bond acceptors (Lipinski definition) is 6. The molecule has 2 aromatic rings. The summed E-state index contributed by atoms with van der Waals surface area (Å²) in [6, 6.07) is 3.57. The smallest absolute Gasteiger partial charge is 0.419 e. The van der Waals surface area contributed by atoms with E-state index in [-0.39, 0.29) is 22.8 Å². The summed E-state index contributed by atoms with van der Waals surface area (Å²) in [5, 5.41) is 1.52. The average Bonchev–Trinajstić information content (AvgIpc) is 3.21. The summed E-state index contributed by atoms with van der Waals surface area (Å²) in [5.41, 5.74) is 2.38. The number of imide groups is 1. The lowest BCUT2D eigenvalue weighted by atomic mass is 9.87. The molecule has 2 aliphatic heterocycles. The highest BCUT2D eigenvalue weighted by Crippen LogP contribution is 2.44. The number of carbonyl (C=O) groups is 2. The molecule has 4 rings (SSSR count). The molecule has 216 valence electrons. The van der Waals surface area contributed by atoms with E-state index in [4.69, 9.17) is 14.2 Å². The van der Waals surface area contributed by atoms with Gasteiger partial charge in [0.05, 0.1) is 17.1 Å². The fourth-order valence-electron chi connectivity index (χ4n) is 4.91. The van der Waals surface area contributed by atoms with Gasteiger partial charge in [-0.05, 0) is 99.2 Å². The molecule has 0 bridgehead atoms. The molecule has 1 fully saturated rings. The van der Waals surface area contributed by atoms with Crippen LogP contribution in [0, 0.1) is 20.8 Å². The predicted molar refractivity (Wildman–Crippen MR) is 149 cm³/mol. The molecular formula is C30H34F3NO5S. The van der Waals surface area contributed by atoms with Crippen LogP contribution in [0.1, 0.15) is 72.9 Å². The largest absolute Gasteiger partial charge is 0.493 e. The molecule has 6 nitrogen and oxygen atoms in total. The molecule has 1 saturated heterocycles. The van der Waals surface area contributed by atoms with E-state index in [1.807, 2.05) is 27.7 Å². The molecule has 1 unspecified atom stereocenters. The van der Waals surface area contributed by atoms with Crippen LogP contribution in [0.3, 0.4) is 0 Å². The molecule has 1 atom stereocenters. The molecular weight excluding hydrogens is 543 g/mol. The van der Waals surface area contributed by atoms with Gasteiger partial charge in [-0.1, -0.05) is 25.8 Å². The molecule has 2 amide bonds. The molecule has 40 heavy (non-hydrogen) atoms. The number of nitrogens with one attached hydrogen (secondary N) is 1. The highest BCUT2D eigenvalue weighted by Gasteiger charge is 2.38. The summed E-state index contributed by atoms with van der Waals surface area (Å²) < 4.78 is 60.2. The Morgan fingerprint density at radius 3 is 2.50 bits per heavy atom. The molecule has 0 aromatic heterocycles. The number of benzene rings is 2. The highest BCUT2D eigenvalue weighted by molar-refractivity contribution is 8.18. The van der Waals surface area contributed by atoms with Crippen LogP contribution in [0.4, 0.5) is 18.0 Å². The number of alkyl halides is 3. The first-order valence-electron chi connectivity index (χ1n) is 13.4. The van der Waals surface area contributed by atoms with Crippen molar-refractivity contribution in [1.82, 2.24) is 5.32 Å². The van der Waals surface area contributed by atoms with E-state index in [1.54, 1.807) is 0 Å². The van der Waals surface area contributed by atoms with E-state index >= 15 is 0 Å². The number of unbranched alkanes of at least 4 members (excludes halogenated alkanes) is 2. The summed E-state index contributed by atoms with van der Waals surface area (Å²) in [5.74, 6) is 0.666. The van der Waals surface area contributed by atoms with Gasteiger partial charge in [-0.3, -0.25) is 14.9 Å². The van der Waals surface area contributed by atoms with Crippen LogP contribution in [-0.4, -0.2) is 30.0 Å². The number of rotatable bonds is 9. The number of halogens is 3. The molecule has 0 saturated carbocycles. The van der Waals surface area contributed by atoms with E-state index in [0.29, 0.717) is 31.2 Å². The summed E-state index contributed by atoms with van der Waals surface area (Å²) in [6.45, 7) is 10.6. The Bertz CT molecular complexity index is 1350. The Morgan fingerprint density at radius 2 is 1.85 bits per heavy atom. The minimum Gasteiger partial charge on any atom is -0.493 e. The van der Waals surface area contributed by atoms with E-state index in [0.717, 1.165) is 59.1 Å². The zero-order chi connectivity index (χ0) is 29.2. The number of ether oxygens (including phenoxy) is 3. The average molecular weight is 578 g/mol. The third kappa shape index (κ3) is 6.43. The van der Waals surface area contributed by atoms with E-state index in [2.05, 4.69) is 12.2 Å². The van der Waals surface area contributed by atoms with Gasteiger partial charge in [-0.25, -0.2) is 0 Å².